The minimum absolute atomic E-state index is 0.157. The number of hydrogen-bond donors (Lipinski definition) is 1. The van der Waals surface area contributed by atoms with E-state index in [2.05, 4.69) is 47.6 Å². The maximum Gasteiger partial charge on any atom is 0.266 e. The molecule has 122 valence electrons. The summed E-state index contributed by atoms with van der Waals surface area (Å²) >= 11 is 3.03. The first-order valence-electron chi connectivity index (χ1n) is 7.49. The molecule has 3 aromatic rings. The average molecular weight is 355 g/mol. The lowest BCUT2D eigenvalue weighted by Crippen LogP contribution is -2.11. The Morgan fingerprint density at radius 2 is 2.04 bits per heavy atom. The number of anilines is 1. The van der Waals surface area contributed by atoms with E-state index in [0.29, 0.717) is 10.7 Å². The van der Waals surface area contributed by atoms with E-state index < -0.39 is 0 Å². The number of hydrogen-bond acceptors (Lipinski definition) is 5. The molecule has 0 saturated heterocycles. The van der Waals surface area contributed by atoms with Crippen molar-refractivity contribution >= 4 is 34.8 Å². The lowest BCUT2D eigenvalue weighted by molar-refractivity contribution is 0.103. The number of amides is 1. The number of aryl methyl sites for hydroxylation is 2. The lowest BCUT2D eigenvalue weighted by atomic mass is 10.1. The molecule has 0 radical (unpaired) electrons. The number of benzene rings is 1. The van der Waals surface area contributed by atoms with Gasteiger partial charge in [-0.1, -0.05) is 41.6 Å². The van der Waals surface area contributed by atoms with Crippen LogP contribution in [-0.4, -0.2) is 16.1 Å². The van der Waals surface area contributed by atoms with Crippen LogP contribution in [0, 0.1) is 13.8 Å². The Labute approximate surface area is 149 Å². The number of carbonyl (C=O) groups is 1. The summed E-state index contributed by atoms with van der Waals surface area (Å²) in [5.74, 6) is 1.16. The van der Waals surface area contributed by atoms with Crippen LogP contribution >= 0.6 is 23.1 Å². The fourth-order valence-corrected chi connectivity index (χ4v) is 3.65. The molecule has 3 rings (SSSR count). The van der Waals surface area contributed by atoms with E-state index in [0.717, 1.165) is 10.8 Å². The highest BCUT2D eigenvalue weighted by Crippen LogP contribution is 2.23. The van der Waals surface area contributed by atoms with Crippen LogP contribution in [0.25, 0.3) is 0 Å². The van der Waals surface area contributed by atoms with Gasteiger partial charge >= 0.3 is 0 Å². The van der Waals surface area contributed by atoms with Crippen LogP contribution in [0.4, 0.5) is 5.82 Å². The molecular formula is C18H17N3OS2. The van der Waals surface area contributed by atoms with Crippen molar-refractivity contribution in [2.75, 3.05) is 5.32 Å². The molecule has 0 unspecified atom stereocenters. The van der Waals surface area contributed by atoms with E-state index in [4.69, 9.17) is 0 Å². The monoisotopic (exact) mass is 355 g/mol. The summed E-state index contributed by atoms with van der Waals surface area (Å²) in [6.45, 7) is 4.21. The molecule has 0 spiro atoms. The predicted octanol–water partition coefficient (Wildman–Crippen LogP) is 4.70. The number of rotatable bonds is 5. The van der Waals surface area contributed by atoms with E-state index in [1.807, 2.05) is 17.5 Å². The second-order valence-electron chi connectivity index (χ2n) is 5.41. The zero-order valence-electron chi connectivity index (χ0n) is 13.4. The topological polar surface area (TPSA) is 54.9 Å². The van der Waals surface area contributed by atoms with Crippen LogP contribution in [-0.2, 0) is 5.75 Å². The molecule has 4 nitrogen and oxygen atoms in total. The highest BCUT2D eigenvalue weighted by atomic mass is 32.2. The minimum Gasteiger partial charge on any atom is -0.304 e. The van der Waals surface area contributed by atoms with Crippen molar-refractivity contribution < 1.29 is 4.79 Å². The number of nitrogens with one attached hydrogen (secondary N) is 1. The first-order valence-corrected chi connectivity index (χ1v) is 9.36. The number of nitrogens with zero attached hydrogens (tertiary/aromatic N) is 2. The van der Waals surface area contributed by atoms with E-state index >= 15 is 0 Å². The van der Waals surface area contributed by atoms with Crippen LogP contribution in [0.5, 0.6) is 0 Å². The summed E-state index contributed by atoms with van der Waals surface area (Å²) in [6.07, 6.45) is 0. The summed E-state index contributed by atoms with van der Waals surface area (Å²) in [7, 11) is 0. The Bertz CT molecular complexity index is 830. The summed E-state index contributed by atoms with van der Waals surface area (Å²) in [5, 5.41) is 13.7. The van der Waals surface area contributed by atoms with Gasteiger partial charge in [0.1, 0.15) is 5.03 Å². The second-order valence-corrected chi connectivity index (χ2v) is 7.35. The van der Waals surface area contributed by atoms with Gasteiger partial charge in [-0.2, -0.15) is 0 Å². The molecule has 1 N–H and O–H groups in total. The zero-order valence-corrected chi connectivity index (χ0v) is 15.1. The predicted molar refractivity (Wildman–Crippen MR) is 99.8 cm³/mol. The van der Waals surface area contributed by atoms with Gasteiger partial charge in [-0.05, 0) is 48.6 Å². The van der Waals surface area contributed by atoms with Gasteiger partial charge in [0, 0.05) is 5.75 Å². The minimum atomic E-state index is -0.157. The highest BCUT2D eigenvalue weighted by Gasteiger charge is 2.08. The summed E-state index contributed by atoms with van der Waals surface area (Å²) in [4.78, 5) is 12.6. The third-order valence-electron chi connectivity index (χ3n) is 3.51. The molecular weight excluding hydrogens is 338 g/mol. The van der Waals surface area contributed by atoms with Crippen molar-refractivity contribution in [2.45, 2.75) is 24.6 Å². The number of aromatic nitrogens is 2. The van der Waals surface area contributed by atoms with Gasteiger partial charge in [-0.3, -0.25) is 4.79 Å². The number of thiophene rings is 1. The molecule has 24 heavy (non-hydrogen) atoms. The molecule has 1 amide bonds. The number of thioether (sulfide) groups is 1. The lowest BCUT2D eigenvalue weighted by Gasteiger charge is -2.07. The second kappa shape index (κ2) is 7.59. The fraction of sp³-hybridized carbons (Fsp3) is 0.167. The van der Waals surface area contributed by atoms with Crippen molar-refractivity contribution in [2.24, 2.45) is 0 Å². The molecule has 2 heterocycles. The highest BCUT2D eigenvalue weighted by molar-refractivity contribution is 7.98. The molecule has 0 fully saturated rings. The Kier molecular flexibility index (Phi) is 5.27. The SMILES string of the molecule is Cc1ccc(C)c(CSc2ccc(NC(=O)c3cccs3)nn2)c1. The van der Waals surface area contributed by atoms with Crippen molar-refractivity contribution in [1.29, 1.82) is 0 Å². The Morgan fingerprint density at radius 1 is 1.17 bits per heavy atom. The van der Waals surface area contributed by atoms with Gasteiger partial charge in [0.2, 0.25) is 0 Å². The summed E-state index contributed by atoms with van der Waals surface area (Å²) in [6, 6.07) is 13.7. The third kappa shape index (κ3) is 4.21. The van der Waals surface area contributed by atoms with E-state index in [1.54, 1.807) is 23.9 Å². The maximum absolute atomic E-state index is 12.0. The standard InChI is InChI=1S/C18H17N3OS2/c1-12-5-6-13(2)14(10-12)11-24-17-8-7-16(20-21-17)19-18(22)15-4-3-9-23-15/h3-10H,11H2,1-2H3,(H,19,20,22). The van der Waals surface area contributed by atoms with Crippen molar-refractivity contribution in [3.8, 4) is 0 Å². The largest absolute Gasteiger partial charge is 0.304 e. The Balaban J connectivity index is 1.60. The average Bonchev–Trinajstić information content (AvgIpc) is 3.12. The van der Waals surface area contributed by atoms with Crippen LogP contribution in [0.2, 0.25) is 0 Å². The van der Waals surface area contributed by atoms with Gasteiger partial charge < -0.3 is 5.32 Å². The molecule has 0 aliphatic rings. The van der Waals surface area contributed by atoms with Gasteiger partial charge in [-0.25, -0.2) is 0 Å². The molecule has 0 aliphatic carbocycles. The first kappa shape index (κ1) is 16.7. The molecule has 1 aromatic carbocycles. The molecule has 6 heteroatoms. The normalized spacial score (nSPS) is 10.6. The van der Waals surface area contributed by atoms with Crippen LogP contribution < -0.4 is 5.32 Å². The van der Waals surface area contributed by atoms with Gasteiger partial charge in [0.05, 0.1) is 4.88 Å². The molecule has 0 atom stereocenters. The molecule has 0 aliphatic heterocycles. The number of carbonyl (C=O) groups excluding carboxylic acids is 1. The Morgan fingerprint density at radius 3 is 2.75 bits per heavy atom. The maximum atomic E-state index is 12.0. The van der Waals surface area contributed by atoms with Crippen molar-refractivity contribution in [3.05, 3.63) is 69.4 Å². The Hall–Kier alpha value is -2.18. The van der Waals surface area contributed by atoms with Gasteiger partial charge in [0.15, 0.2) is 5.82 Å². The van der Waals surface area contributed by atoms with Crippen LogP contribution in [0.15, 0.2) is 52.9 Å². The fourth-order valence-electron chi connectivity index (χ4n) is 2.16. The van der Waals surface area contributed by atoms with Gasteiger partial charge in [-0.15, -0.1) is 21.5 Å². The third-order valence-corrected chi connectivity index (χ3v) is 5.34. The van der Waals surface area contributed by atoms with E-state index in [-0.39, 0.29) is 5.91 Å². The van der Waals surface area contributed by atoms with E-state index in [1.165, 1.54) is 28.0 Å². The van der Waals surface area contributed by atoms with E-state index in [9.17, 15) is 4.79 Å². The van der Waals surface area contributed by atoms with Crippen molar-refractivity contribution in [3.63, 3.8) is 0 Å². The summed E-state index contributed by atoms with van der Waals surface area (Å²) < 4.78 is 0. The smallest absolute Gasteiger partial charge is 0.266 e. The molecule has 0 bridgehead atoms. The van der Waals surface area contributed by atoms with Crippen molar-refractivity contribution in [1.82, 2.24) is 10.2 Å². The van der Waals surface area contributed by atoms with Crippen LogP contribution in [0.3, 0.4) is 0 Å². The summed E-state index contributed by atoms with van der Waals surface area (Å²) in [5.41, 5.74) is 3.84. The quantitative estimate of drug-likeness (QED) is 0.674. The molecule has 0 saturated carbocycles. The van der Waals surface area contributed by atoms with Crippen LogP contribution in [0.1, 0.15) is 26.4 Å². The van der Waals surface area contributed by atoms with Gasteiger partial charge in [0.25, 0.3) is 5.91 Å². The zero-order chi connectivity index (χ0) is 16.9. The molecule has 2 aromatic heterocycles. The first-order chi connectivity index (χ1) is 11.6.